The highest BCUT2D eigenvalue weighted by atomic mass is 16.5. The summed E-state index contributed by atoms with van der Waals surface area (Å²) in [7, 11) is 0. The molecule has 0 amide bonds. The van der Waals surface area contributed by atoms with E-state index in [1.807, 2.05) is 0 Å². The monoisotopic (exact) mass is 229 g/mol. The van der Waals surface area contributed by atoms with E-state index in [2.05, 4.69) is 6.07 Å². The third-order valence-corrected chi connectivity index (χ3v) is 2.97. The predicted molar refractivity (Wildman–Crippen MR) is 64.0 cm³/mol. The number of nitrogens with zero attached hydrogens (tertiary/aromatic N) is 1. The van der Waals surface area contributed by atoms with Gasteiger partial charge in [-0.3, -0.25) is 4.79 Å². The average Bonchev–Trinajstić information content (AvgIpc) is 3.12. The van der Waals surface area contributed by atoms with Crippen LogP contribution in [0, 0.1) is 17.2 Å². The van der Waals surface area contributed by atoms with Crippen molar-refractivity contribution in [3.05, 3.63) is 29.3 Å². The first kappa shape index (κ1) is 11.7. The molecular weight excluding hydrogens is 214 g/mol. The van der Waals surface area contributed by atoms with E-state index in [-0.39, 0.29) is 5.78 Å². The van der Waals surface area contributed by atoms with Crippen molar-refractivity contribution in [2.24, 2.45) is 5.92 Å². The second-order valence-electron chi connectivity index (χ2n) is 4.46. The van der Waals surface area contributed by atoms with Gasteiger partial charge < -0.3 is 4.74 Å². The molecular formula is C14H15NO2. The number of hydrogen-bond donors (Lipinski definition) is 0. The van der Waals surface area contributed by atoms with Gasteiger partial charge in [-0.25, -0.2) is 0 Å². The van der Waals surface area contributed by atoms with Crippen LogP contribution in [0.3, 0.4) is 0 Å². The van der Waals surface area contributed by atoms with E-state index >= 15 is 0 Å². The summed E-state index contributed by atoms with van der Waals surface area (Å²) in [5.74, 6) is 1.31. The summed E-state index contributed by atoms with van der Waals surface area (Å²) in [5, 5.41) is 8.82. The highest BCUT2D eigenvalue weighted by molar-refractivity contribution is 5.97. The number of ether oxygens (including phenoxy) is 1. The fourth-order valence-corrected chi connectivity index (χ4v) is 1.74. The molecule has 0 aromatic heterocycles. The van der Waals surface area contributed by atoms with Gasteiger partial charge in [-0.2, -0.15) is 5.26 Å². The minimum absolute atomic E-state index is 0.0316. The maximum absolute atomic E-state index is 11.4. The molecule has 0 saturated heterocycles. The molecule has 3 heteroatoms. The fourth-order valence-electron chi connectivity index (χ4n) is 1.74. The lowest BCUT2D eigenvalue weighted by Gasteiger charge is -2.09. The SMILES string of the molecule is CC(=O)c1ccc(C#N)cc1OCCC1CC1. The first-order valence-corrected chi connectivity index (χ1v) is 5.88. The normalized spacial score (nSPS) is 14.1. The Bertz CT molecular complexity index is 470. The van der Waals surface area contributed by atoms with Crippen LogP contribution in [0.4, 0.5) is 0 Å². The highest BCUT2D eigenvalue weighted by Gasteiger charge is 2.21. The number of nitriles is 1. The second-order valence-corrected chi connectivity index (χ2v) is 4.46. The quantitative estimate of drug-likeness (QED) is 0.729. The topological polar surface area (TPSA) is 50.1 Å². The maximum Gasteiger partial charge on any atom is 0.163 e. The fraction of sp³-hybridized carbons (Fsp3) is 0.429. The Kier molecular flexibility index (Phi) is 3.43. The van der Waals surface area contributed by atoms with Crippen molar-refractivity contribution < 1.29 is 9.53 Å². The highest BCUT2D eigenvalue weighted by Crippen LogP contribution is 2.32. The minimum atomic E-state index is -0.0316. The predicted octanol–water partition coefficient (Wildman–Crippen LogP) is 2.94. The van der Waals surface area contributed by atoms with Gasteiger partial charge in [0, 0.05) is 0 Å². The molecule has 2 rings (SSSR count). The summed E-state index contributed by atoms with van der Waals surface area (Å²) in [6, 6.07) is 7.00. The lowest BCUT2D eigenvalue weighted by atomic mass is 10.1. The van der Waals surface area contributed by atoms with Gasteiger partial charge in [0.25, 0.3) is 0 Å². The Labute approximate surface area is 101 Å². The van der Waals surface area contributed by atoms with Crippen molar-refractivity contribution in [2.75, 3.05) is 6.61 Å². The molecule has 3 nitrogen and oxygen atoms in total. The Balaban J connectivity index is 2.09. The van der Waals surface area contributed by atoms with E-state index < -0.39 is 0 Å². The number of Topliss-reactive ketones (excluding diaryl/α,β-unsaturated/α-hetero) is 1. The molecule has 0 heterocycles. The van der Waals surface area contributed by atoms with Crippen molar-refractivity contribution in [1.29, 1.82) is 5.26 Å². The molecule has 0 spiro atoms. The van der Waals surface area contributed by atoms with Gasteiger partial charge in [0.05, 0.1) is 23.8 Å². The molecule has 0 unspecified atom stereocenters. The first-order valence-electron chi connectivity index (χ1n) is 5.88. The van der Waals surface area contributed by atoms with E-state index in [0.29, 0.717) is 23.5 Å². The summed E-state index contributed by atoms with van der Waals surface area (Å²) < 4.78 is 5.62. The van der Waals surface area contributed by atoms with Gasteiger partial charge in [-0.05, 0) is 37.5 Å². The van der Waals surface area contributed by atoms with Crippen LogP contribution in [0.15, 0.2) is 18.2 Å². The van der Waals surface area contributed by atoms with Crippen LogP contribution >= 0.6 is 0 Å². The third-order valence-electron chi connectivity index (χ3n) is 2.97. The lowest BCUT2D eigenvalue weighted by molar-refractivity contribution is 0.101. The van der Waals surface area contributed by atoms with Crippen molar-refractivity contribution in [1.82, 2.24) is 0 Å². The van der Waals surface area contributed by atoms with Crippen molar-refractivity contribution in [3.63, 3.8) is 0 Å². The Morgan fingerprint density at radius 2 is 2.29 bits per heavy atom. The maximum atomic E-state index is 11.4. The van der Waals surface area contributed by atoms with Crippen molar-refractivity contribution >= 4 is 5.78 Å². The zero-order chi connectivity index (χ0) is 12.3. The summed E-state index contributed by atoms with van der Waals surface area (Å²) in [6.07, 6.45) is 3.62. The first-order chi connectivity index (χ1) is 8.20. The summed E-state index contributed by atoms with van der Waals surface area (Å²) in [4.78, 5) is 11.4. The molecule has 0 bridgehead atoms. The molecule has 0 atom stereocenters. The average molecular weight is 229 g/mol. The van der Waals surface area contributed by atoms with Crippen LogP contribution in [-0.2, 0) is 0 Å². The molecule has 1 aliphatic carbocycles. The van der Waals surface area contributed by atoms with Crippen LogP contribution in [0.2, 0.25) is 0 Å². The van der Waals surface area contributed by atoms with Crippen LogP contribution in [0.1, 0.15) is 42.1 Å². The van der Waals surface area contributed by atoms with E-state index in [4.69, 9.17) is 10.00 Å². The smallest absolute Gasteiger partial charge is 0.163 e. The molecule has 1 aromatic rings. The van der Waals surface area contributed by atoms with E-state index in [9.17, 15) is 4.79 Å². The number of carbonyl (C=O) groups excluding carboxylic acids is 1. The largest absolute Gasteiger partial charge is 0.493 e. The van der Waals surface area contributed by atoms with Crippen molar-refractivity contribution in [2.45, 2.75) is 26.2 Å². The molecule has 0 radical (unpaired) electrons. The van der Waals surface area contributed by atoms with Gasteiger partial charge in [0.15, 0.2) is 5.78 Å². The van der Waals surface area contributed by atoms with Crippen LogP contribution in [0.5, 0.6) is 5.75 Å². The number of hydrogen-bond acceptors (Lipinski definition) is 3. The Morgan fingerprint density at radius 1 is 1.53 bits per heavy atom. The second kappa shape index (κ2) is 5.01. The molecule has 17 heavy (non-hydrogen) atoms. The number of carbonyl (C=O) groups is 1. The van der Waals surface area contributed by atoms with Gasteiger partial charge in [0.2, 0.25) is 0 Å². The van der Waals surface area contributed by atoms with Gasteiger partial charge in [-0.15, -0.1) is 0 Å². The van der Waals surface area contributed by atoms with Gasteiger partial charge in [-0.1, -0.05) is 12.8 Å². The van der Waals surface area contributed by atoms with Crippen molar-refractivity contribution in [3.8, 4) is 11.8 Å². The van der Waals surface area contributed by atoms with Gasteiger partial charge >= 0.3 is 0 Å². The Morgan fingerprint density at radius 3 is 2.88 bits per heavy atom. The molecule has 1 saturated carbocycles. The third kappa shape index (κ3) is 3.07. The molecule has 88 valence electrons. The standard InChI is InChI=1S/C14H15NO2/c1-10(16)13-5-4-12(9-15)8-14(13)17-7-6-11-2-3-11/h4-5,8,11H,2-3,6-7H2,1H3. The van der Waals surface area contributed by atoms with E-state index in [1.54, 1.807) is 18.2 Å². The zero-order valence-electron chi connectivity index (χ0n) is 9.90. The van der Waals surface area contributed by atoms with Crippen LogP contribution in [0.25, 0.3) is 0 Å². The van der Waals surface area contributed by atoms with Crippen LogP contribution < -0.4 is 4.74 Å². The Hall–Kier alpha value is -1.82. The van der Waals surface area contributed by atoms with Crippen LogP contribution in [-0.4, -0.2) is 12.4 Å². The molecule has 0 N–H and O–H groups in total. The van der Waals surface area contributed by atoms with Gasteiger partial charge in [0.1, 0.15) is 5.75 Å². The molecule has 0 aliphatic heterocycles. The minimum Gasteiger partial charge on any atom is -0.493 e. The summed E-state index contributed by atoms with van der Waals surface area (Å²) in [6.45, 7) is 2.13. The number of rotatable bonds is 5. The number of ketones is 1. The molecule has 1 aliphatic rings. The molecule has 1 fully saturated rings. The van der Waals surface area contributed by atoms with E-state index in [0.717, 1.165) is 12.3 Å². The number of benzene rings is 1. The van der Waals surface area contributed by atoms with E-state index in [1.165, 1.54) is 19.8 Å². The molecule has 1 aromatic carbocycles. The summed E-state index contributed by atoms with van der Waals surface area (Å²) in [5.41, 5.74) is 1.08. The zero-order valence-corrected chi connectivity index (χ0v) is 9.90. The summed E-state index contributed by atoms with van der Waals surface area (Å²) >= 11 is 0. The lowest BCUT2D eigenvalue weighted by Crippen LogP contribution is -2.04.